The van der Waals surface area contributed by atoms with E-state index in [1.807, 2.05) is 6.92 Å². The fraction of sp³-hybridized carbons (Fsp3) is 0.955. The van der Waals surface area contributed by atoms with Crippen LogP contribution in [0.2, 0.25) is 0 Å². The van der Waals surface area contributed by atoms with E-state index in [9.17, 15) is 9.90 Å². The number of carbonyl (C=O) groups is 1. The molecule has 0 amide bonds. The Balaban J connectivity index is -0.00000264. The maximum absolute atomic E-state index is 11.6. The SMILES string of the molecule is CCCCCCCCCCCCC(C)(CCCCCCC)C(=O)O.[H-].[K+]. The van der Waals surface area contributed by atoms with Crippen LogP contribution in [0.4, 0.5) is 0 Å². The molecule has 25 heavy (non-hydrogen) atoms. The first-order chi connectivity index (χ1) is 11.6. The summed E-state index contributed by atoms with van der Waals surface area (Å²) in [6.45, 7) is 6.44. The van der Waals surface area contributed by atoms with E-state index >= 15 is 0 Å². The summed E-state index contributed by atoms with van der Waals surface area (Å²) in [4.78, 5) is 11.6. The van der Waals surface area contributed by atoms with Crippen LogP contribution in [-0.4, -0.2) is 11.1 Å². The summed E-state index contributed by atoms with van der Waals surface area (Å²) in [5.74, 6) is -0.589. The Bertz CT molecular complexity index is 300. The van der Waals surface area contributed by atoms with Crippen LogP contribution < -0.4 is 51.4 Å². The van der Waals surface area contributed by atoms with Crippen LogP contribution in [0, 0.1) is 5.41 Å². The molecule has 0 fully saturated rings. The Morgan fingerprint density at radius 2 is 0.960 bits per heavy atom. The first-order valence-electron chi connectivity index (χ1n) is 10.8. The summed E-state index contributed by atoms with van der Waals surface area (Å²) < 4.78 is 0. The summed E-state index contributed by atoms with van der Waals surface area (Å²) >= 11 is 0. The van der Waals surface area contributed by atoms with Gasteiger partial charge in [-0.15, -0.1) is 0 Å². The van der Waals surface area contributed by atoms with Gasteiger partial charge in [-0.05, 0) is 19.8 Å². The maximum atomic E-state index is 11.6. The summed E-state index contributed by atoms with van der Waals surface area (Å²) in [5, 5.41) is 9.58. The minimum atomic E-state index is -0.589. The first kappa shape index (κ1) is 28.3. The second kappa shape index (κ2) is 19.9. The number of carboxylic acids is 1. The van der Waals surface area contributed by atoms with Crippen molar-refractivity contribution >= 4 is 5.97 Å². The van der Waals surface area contributed by atoms with Gasteiger partial charge in [0.15, 0.2) is 0 Å². The van der Waals surface area contributed by atoms with Crippen LogP contribution in [0.1, 0.15) is 131 Å². The predicted octanol–water partition coefficient (Wildman–Crippen LogP) is 4.87. The second-order valence-corrected chi connectivity index (χ2v) is 7.96. The van der Waals surface area contributed by atoms with E-state index in [4.69, 9.17) is 0 Å². The molecule has 0 saturated heterocycles. The maximum Gasteiger partial charge on any atom is 1.00 e. The van der Waals surface area contributed by atoms with E-state index < -0.39 is 11.4 Å². The van der Waals surface area contributed by atoms with Crippen molar-refractivity contribution in [2.45, 2.75) is 130 Å². The number of carboxylic acid groups (broad SMARTS) is 1. The molecule has 1 N–H and O–H groups in total. The van der Waals surface area contributed by atoms with Crippen LogP contribution in [0.3, 0.4) is 0 Å². The van der Waals surface area contributed by atoms with E-state index in [1.165, 1.54) is 83.5 Å². The molecule has 0 bridgehead atoms. The molecule has 1 unspecified atom stereocenters. The fourth-order valence-corrected chi connectivity index (χ4v) is 3.46. The molecule has 0 rings (SSSR count). The predicted molar refractivity (Wildman–Crippen MR) is 107 cm³/mol. The number of unbranched alkanes of at least 4 members (excludes halogenated alkanes) is 13. The van der Waals surface area contributed by atoms with Gasteiger partial charge >= 0.3 is 57.4 Å². The Labute approximate surface area is 202 Å². The standard InChI is InChI=1S/C22H44O2.K.H/c1-4-6-8-10-11-12-13-14-16-18-20-22(3,21(23)24)19-17-15-9-7-5-2;;/h4-20H2,1-3H3,(H,23,24);;/q;+1;-1. The quantitative estimate of drug-likeness (QED) is 0.272. The van der Waals surface area contributed by atoms with Crippen molar-refractivity contribution in [3.05, 3.63) is 0 Å². The third-order valence-corrected chi connectivity index (χ3v) is 5.43. The van der Waals surface area contributed by atoms with Crippen LogP contribution in [-0.2, 0) is 4.79 Å². The number of rotatable bonds is 18. The number of hydrogen-bond donors (Lipinski definition) is 1. The van der Waals surface area contributed by atoms with E-state index in [-0.39, 0.29) is 52.8 Å². The molecule has 2 nitrogen and oxygen atoms in total. The normalized spacial score (nSPS) is 13.2. The van der Waals surface area contributed by atoms with Crippen molar-refractivity contribution in [2.24, 2.45) is 5.41 Å². The third-order valence-electron chi connectivity index (χ3n) is 5.43. The summed E-state index contributed by atoms with van der Waals surface area (Å²) in [7, 11) is 0. The van der Waals surface area contributed by atoms with Gasteiger partial charge in [-0.1, -0.05) is 110 Å². The zero-order valence-electron chi connectivity index (χ0n) is 18.9. The molecule has 0 aliphatic rings. The van der Waals surface area contributed by atoms with Crippen molar-refractivity contribution < 1.29 is 62.7 Å². The molecule has 0 spiro atoms. The molecule has 0 aromatic rings. The Kier molecular flexibility index (Phi) is 22.5. The number of hydrogen-bond acceptors (Lipinski definition) is 1. The van der Waals surface area contributed by atoms with Crippen LogP contribution in [0.15, 0.2) is 0 Å². The zero-order valence-corrected chi connectivity index (χ0v) is 21.0. The average molecular weight is 381 g/mol. The molecule has 0 heterocycles. The largest absolute Gasteiger partial charge is 1.00 e. The van der Waals surface area contributed by atoms with Gasteiger partial charge in [-0.25, -0.2) is 0 Å². The molecule has 0 aliphatic heterocycles. The Morgan fingerprint density at radius 1 is 0.680 bits per heavy atom. The fourth-order valence-electron chi connectivity index (χ4n) is 3.46. The van der Waals surface area contributed by atoms with E-state index in [2.05, 4.69) is 13.8 Å². The molecule has 0 aromatic carbocycles. The van der Waals surface area contributed by atoms with Crippen molar-refractivity contribution in [2.75, 3.05) is 0 Å². The van der Waals surface area contributed by atoms with Gasteiger partial charge < -0.3 is 6.53 Å². The molecule has 146 valence electrons. The Hall–Kier alpha value is 1.11. The summed E-state index contributed by atoms with van der Waals surface area (Å²) in [6.07, 6.45) is 20.9. The van der Waals surface area contributed by atoms with Crippen molar-refractivity contribution in [3.8, 4) is 0 Å². The minimum absolute atomic E-state index is 0. The van der Waals surface area contributed by atoms with Gasteiger partial charge in [0.1, 0.15) is 0 Å². The first-order valence-corrected chi connectivity index (χ1v) is 10.8. The van der Waals surface area contributed by atoms with E-state index in [0.29, 0.717) is 0 Å². The van der Waals surface area contributed by atoms with Crippen molar-refractivity contribution in [1.29, 1.82) is 0 Å². The second-order valence-electron chi connectivity index (χ2n) is 7.96. The molecule has 0 aliphatic carbocycles. The van der Waals surface area contributed by atoms with Crippen LogP contribution in [0.25, 0.3) is 0 Å². The molecule has 0 aromatic heterocycles. The van der Waals surface area contributed by atoms with Gasteiger partial charge in [-0.2, -0.15) is 0 Å². The van der Waals surface area contributed by atoms with E-state index in [1.54, 1.807) is 0 Å². The van der Waals surface area contributed by atoms with E-state index in [0.717, 1.165) is 25.7 Å². The van der Waals surface area contributed by atoms with Crippen molar-refractivity contribution in [3.63, 3.8) is 0 Å². The Morgan fingerprint density at radius 3 is 1.24 bits per heavy atom. The third kappa shape index (κ3) is 17.0. The van der Waals surface area contributed by atoms with Crippen LogP contribution in [0.5, 0.6) is 0 Å². The van der Waals surface area contributed by atoms with Gasteiger partial charge in [0.25, 0.3) is 0 Å². The van der Waals surface area contributed by atoms with Gasteiger partial charge in [0, 0.05) is 0 Å². The van der Waals surface area contributed by atoms with Gasteiger partial charge in [0.05, 0.1) is 5.41 Å². The monoisotopic (exact) mass is 380 g/mol. The molecule has 0 radical (unpaired) electrons. The van der Waals surface area contributed by atoms with Gasteiger partial charge in [-0.3, -0.25) is 4.79 Å². The smallest absolute Gasteiger partial charge is 1.00 e. The zero-order chi connectivity index (χ0) is 18.1. The van der Waals surface area contributed by atoms with Crippen LogP contribution >= 0.6 is 0 Å². The molecular formula is C22H45KO2. The minimum Gasteiger partial charge on any atom is -1.00 e. The molecule has 1 atom stereocenters. The summed E-state index contributed by atoms with van der Waals surface area (Å²) in [6, 6.07) is 0. The summed E-state index contributed by atoms with van der Waals surface area (Å²) in [5.41, 5.74) is -0.494. The molecule has 0 saturated carbocycles. The molecule has 3 heteroatoms. The number of aliphatic carboxylic acids is 1. The van der Waals surface area contributed by atoms with Gasteiger partial charge in [0.2, 0.25) is 0 Å². The average Bonchev–Trinajstić information content (AvgIpc) is 2.56. The van der Waals surface area contributed by atoms with Crippen molar-refractivity contribution in [1.82, 2.24) is 0 Å². The topological polar surface area (TPSA) is 37.3 Å². The molecular weight excluding hydrogens is 335 g/mol.